The Bertz CT molecular complexity index is 408. The van der Waals surface area contributed by atoms with Crippen molar-refractivity contribution in [3.8, 4) is 0 Å². The highest BCUT2D eigenvalue weighted by atomic mass is 32.1. The normalized spacial score (nSPS) is 19.0. The molecule has 4 heteroatoms. The fraction of sp³-hybridized carbons (Fsp3) is 0.667. The van der Waals surface area contributed by atoms with Gasteiger partial charge >= 0.3 is 0 Å². The summed E-state index contributed by atoms with van der Waals surface area (Å²) in [6.45, 7) is 3.13. The van der Waals surface area contributed by atoms with Gasteiger partial charge in [-0.15, -0.1) is 11.3 Å². The van der Waals surface area contributed by atoms with Crippen molar-refractivity contribution >= 4 is 17.2 Å². The van der Waals surface area contributed by atoms with Crippen LogP contribution in [-0.4, -0.2) is 11.9 Å². The Morgan fingerprint density at radius 2 is 2.11 bits per heavy atom. The van der Waals surface area contributed by atoms with Crippen LogP contribution >= 0.6 is 11.3 Å². The summed E-state index contributed by atoms with van der Waals surface area (Å²) in [5.41, 5.74) is 5.89. The van der Waals surface area contributed by atoms with E-state index in [9.17, 15) is 4.79 Å². The van der Waals surface area contributed by atoms with Crippen LogP contribution in [0, 0.1) is 5.92 Å². The molecule has 0 bridgehead atoms. The standard InChI is InChI=1S/C15H24N2OS/c1-11(12-6-4-2-3-5-7-12)17-9-14-8-13(10-19-14)15(16)18/h8,10-12,17H,2-7,9H2,1H3,(H2,16,18)/t11-/m0/s1. The molecule has 0 radical (unpaired) electrons. The van der Waals surface area contributed by atoms with Crippen LogP contribution in [0.1, 0.15) is 60.7 Å². The van der Waals surface area contributed by atoms with E-state index in [1.54, 1.807) is 11.3 Å². The lowest BCUT2D eigenvalue weighted by atomic mass is 9.93. The van der Waals surface area contributed by atoms with Gasteiger partial charge in [0.1, 0.15) is 0 Å². The number of hydrogen-bond donors (Lipinski definition) is 2. The predicted octanol–water partition coefficient (Wildman–Crippen LogP) is 3.30. The molecule has 3 nitrogen and oxygen atoms in total. The molecule has 1 aromatic heterocycles. The Morgan fingerprint density at radius 1 is 1.42 bits per heavy atom. The summed E-state index contributed by atoms with van der Waals surface area (Å²) >= 11 is 1.61. The van der Waals surface area contributed by atoms with Crippen LogP contribution < -0.4 is 11.1 Å². The van der Waals surface area contributed by atoms with E-state index in [-0.39, 0.29) is 5.91 Å². The van der Waals surface area contributed by atoms with Crippen molar-refractivity contribution in [2.75, 3.05) is 0 Å². The van der Waals surface area contributed by atoms with Crippen molar-refractivity contribution in [3.05, 3.63) is 21.9 Å². The number of nitrogens with two attached hydrogens (primary N) is 1. The maximum absolute atomic E-state index is 11.0. The van der Waals surface area contributed by atoms with Gasteiger partial charge in [-0.25, -0.2) is 0 Å². The summed E-state index contributed by atoms with van der Waals surface area (Å²) in [7, 11) is 0. The summed E-state index contributed by atoms with van der Waals surface area (Å²) < 4.78 is 0. The van der Waals surface area contributed by atoms with Gasteiger partial charge in [0.25, 0.3) is 0 Å². The lowest BCUT2D eigenvalue weighted by Crippen LogP contribution is -2.32. The smallest absolute Gasteiger partial charge is 0.249 e. The van der Waals surface area contributed by atoms with E-state index in [2.05, 4.69) is 12.2 Å². The highest BCUT2D eigenvalue weighted by molar-refractivity contribution is 7.10. The molecule has 1 aliphatic rings. The second-order valence-corrected chi connectivity index (χ2v) is 6.58. The zero-order valence-corrected chi connectivity index (χ0v) is 12.5. The second kappa shape index (κ2) is 7.06. The molecule has 1 aromatic rings. The fourth-order valence-electron chi connectivity index (χ4n) is 2.84. The fourth-order valence-corrected chi connectivity index (χ4v) is 3.67. The Morgan fingerprint density at radius 3 is 2.68 bits per heavy atom. The lowest BCUT2D eigenvalue weighted by molar-refractivity contribution is 0.100. The Balaban J connectivity index is 1.81. The summed E-state index contributed by atoms with van der Waals surface area (Å²) in [6.07, 6.45) is 8.26. The largest absolute Gasteiger partial charge is 0.366 e. The van der Waals surface area contributed by atoms with Gasteiger partial charge in [0.05, 0.1) is 5.56 Å². The molecule has 1 aliphatic carbocycles. The second-order valence-electron chi connectivity index (χ2n) is 5.59. The number of nitrogens with one attached hydrogen (secondary N) is 1. The molecule has 2 rings (SSSR count). The molecule has 0 unspecified atom stereocenters. The van der Waals surface area contributed by atoms with Gasteiger partial charge in [-0.1, -0.05) is 25.7 Å². The maximum Gasteiger partial charge on any atom is 0.249 e. The molecule has 1 fully saturated rings. The molecule has 1 amide bonds. The van der Waals surface area contributed by atoms with E-state index in [0.29, 0.717) is 11.6 Å². The zero-order chi connectivity index (χ0) is 13.7. The van der Waals surface area contributed by atoms with Crippen LogP contribution in [0.2, 0.25) is 0 Å². The van der Waals surface area contributed by atoms with E-state index in [0.717, 1.165) is 12.5 Å². The van der Waals surface area contributed by atoms with Gasteiger partial charge in [-0.2, -0.15) is 0 Å². The van der Waals surface area contributed by atoms with Crippen LogP contribution in [0.3, 0.4) is 0 Å². The van der Waals surface area contributed by atoms with Crippen LogP contribution in [0.25, 0.3) is 0 Å². The first-order valence-electron chi connectivity index (χ1n) is 7.27. The third-order valence-corrected chi connectivity index (χ3v) is 5.08. The lowest BCUT2D eigenvalue weighted by Gasteiger charge is -2.23. The minimum atomic E-state index is -0.334. The topological polar surface area (TPSA) is 55.1 Å². The number of hydrogen-bond acceptors (Lipinski definition) is 3. The van der Waals surface area contributed by atoms with Gasteiger partial charge < -0.3 is 11.1 Å². The van der Waals surface area contributed by atoms with E-state index >= 15 is 0 Å². The number of primary amides is 1. The summed E-state index contributed by atoms with van der Waals surface area (Å²) in [5.74, 6) is 0.470. The molecular formula is C15H24N2OS. The van der Waals surface area contributed by atoms with E-state index in [1.165, 1.54) is 43.4 Å². The molecule has 0 aromatic carbocycles. The van der Waals surface area contributed by atoms with Gasteiger partial charge in [0, 0.05) is 22.8 Å². The van der Waals surface area contributed by atoms with Gasteiger partial charge in [-0.3, -0.25) is 4.79 Å². The van der Waals surface area contributed by atoms with Crippen molar-refractivity contribution in [1.29, 1.82) is 0 Å². The molecule has 106 valence electrons. The number of carbonyl (C=O) groups excluding carboxylic acids is 1. The SMILES string of the molecule is C[C@H](NCc1cc(C(N)=O)cs1)C1CCCCCC1. The number of amides is 1. The minimum absolute atomic E-state index is 0.334. The van der Waals surface area contributed by atoms with Gasteiger partial charge in [-0.05, 0) is 31.7 Å². The first kappa shape index (κ1) is 14.5. The molecule has 0 aliphatic heterocycles. The summed E-state index contributed by atoms with van der Waals surface area (Å²) in [4.78, 5) is 12.2. The summed E-state index contributed by atoms with van der Waals surface area (Å²) in [5, 5.41) is 5.45. The Labute approximate surface area is 119 Å². The van der Waals surface area contributed by atoms with E-state index < -0.39 is 0 Å². The van der Waals surface area contributed by atoms with Crippen LogP contribution in [-0.2, 0) is 6.54 Å². The molecule has 1 atom stereocenters. The third kappa shape index (κ3) is 4.32. The Hall–Kier alpha value is -0.870. The van der Waals surface area contributed by atoms with E-state index in [1.807, 2.05) is 11.4 Å². The van der Waals surface area contributed by atoms with Crippen LogP contribution in [0.4, 0.5) is 0 Å². The molecule has 0 saturated heterocycles. The molecule has 1 saturated carbocycles. The van der Waals surface area contributed by atoms with Crippen LogP contribution in [0.5, 0.6) is 0 Å². The first-order valence-corrected chi connectivity index (χ1v) is 8.15. The van der Waals surface area contributed by atoms with Crippen molar-refractivity contribution in [3.63, 3.8) is 0 Å². The van der Waals surface area contributed by atoms with Crippen molar-refractivity contribution < 1.29 is 4.79 Å². The number of rotatable bonds is 5. The first-order chi connectivity index (χ1) is 9.16. The number of thiophene rings is 1. The summed E-state index contributed by atoms with van der Waals surface area (Å²) in [6, 6.07) is 2.46. The molecule has 1 heterocycles. The minimum Gasteiger partial charge on any atom is -0.366 e. The maximum atomic E-state index is 11.0. The van der Waals surface area contributed by atoms with Crippen molar-refractivity contribution in [2.24, 2.45) is 11.7 Å². The van der Waals surface area contributed by atoms with Crippen LogP contribution in [0.15, 0.2) is 11.4 Å². The highest BCUT2D eigenvalue weighted by Gasteiger charge is 2.18. The monoisotopic (exact) mass is 280 g/mol. The zero-order valence-electron chi connectivity index (χ0n) is 11.7. The van der Waals surface area contributed by atoms with Crippen molar-refractivity contribution in [2.45, 2.75) is 58.0 Å². The Kier molecular flexibility index (Phi) is 5.40. The van der Waals surface area contributed by atoms with Crippen molar-refractivity contribution in [1.82, 2.24) is 5.32 Å². The molecule has 0 spiro atoms. The molecular weight excluding hydrogens is 256 g/mol. The molecule has 19 heavy (non-hydrogen) atoms. The highest BCUT2D eigenvalue weighted by Crippen LogP contribution is 2.25. The number of carbonyl (C=O) groups is 1. The molecule has 3 N–H and O–H groups in total. The van der Waals surface area contributed by atoms with Gasteiger partial charge in [0.15, 0.2) is 0 Å². The third-order valence-electron chi connectivity index (χ3n) is 4.14. The quantitative estimate of drug-likeness (QED) is 0.813. The average molecular weight is 280 g/mol. The average Bonchev–Trinajstić information content (AvgIpc) is 2.70. The predicted molar refractivity (Wildman–Crippen MR) is 80.3 cm³/mol. The van der Waals surface area contributed by atoms with Gasteiger partial charge in [0.2, 0.25) is 5.91 Å². The van der Waals surface area contributed by atoms with E-state index in [4.69, 9.17) is 5.73 Å².